The van der Waals surface area contributed by atoms with Crippen LogP contribution in [0.15, 0.2) is 60.7 Å². The van der Waals surface area contributed by atoms with Gasteiger partial charge in [0.15, 0.2) is 0 Å². The molecule has 4 rings (SSSR count). The van der Waals surface area contributed by atoms with Crippen LogP contribution in [0.5, 0.6) is 0 Å². The van der Waals surface area contributed by atoms with Gasteiger partial charge < -0.3 is 13.6 Å². The van der Waals surface area contributed by atoms with Crippen LogP contribution in [0.3, 0.4) is 0 Å². The summed E-state index contributed by atoms with van der Waals surface area (Å²) in [5.74, 6) is 0. The first-order valence-corrected chi connectivity index (χ1v) is 11.2. The van der Waals surface area contributed by atoms with E-state index in [0.29, 0.717) is 25.9 Å². The van der Waals surface area contributed by atoms with Crippen LogP contribution in [0.2, 0.25) is 0 Å². The van der Waals surface area contributed by atoms with Crippen molar-refractivity contribution in [2.75, 3.05) is 19.4 Å². The normalized spacial score (nSPS) is 12.4. The van der Waals surface area contributed by atoms with Gasteiger partial charge in [-0.1, -0.05) is 54.6 Å². The zero-order chi connectivity index (χ0) is 18.9. The summed E-state index contributed by atoms with van der Waals surface area (Å²) < 4.78 is 26.2. The molecule has 0 saturated carbocycles. The van der Waals surface area contributed by atoms with E-state index in [1.54, 1.807) is 0 Å². The Morgan fingerprint density at radius 2 is 1.48 bits per heavy atom. The van der Waals surface area contributed by atoms with E-state index < -0.39 is 7.60 Å². The van der Waals surface area contributed by atoms with Gasteiger partial charge in [-0.05, 0) is 25.3 Å². The number of aromatic nitrogens is 1. The first kappa shape index (κ1) is 18.2. The zero-order valence-electron chi connectivity index (χ0n) is 15.7. The summed E-state index contributed by atoms with van der Waals surface area (Å²) in [6.07, 6.45) is 0.353. The van der Waals surface area contributed by atoms with Crippen LogP contribution in [0.25, 0.3) is 32.6 Å². The maximum absolute atomic E-state index is 13.0. The number of para-hydroxylation sites is 1. The van der Waals surface area contributed by atoms with Gasteiger partial charge >= 0.3 is 7.60 Å². The molecule has 5 heteroatoms. The SMILES string of the molecule is CCOP(=O)(CCn1c2ccccc2c2ccc3ccccc3c21)OCC. The lowest BCUT2D eigenvalue weighted by atomic mass is 10.1. The molecule has 1 aromatic heterocycles. The predicted octanol–water partition coefficient (Wildman–Crippen LogP) is 6.21. The lowest BCUT2D eigenvalue weighted by molar-refractivity contribution is 0.219. The minimum Gasteiger partial charge on any atom is -0.339 e. The molecular weight excluding hydrogens is 357 g/mol. The van der Waals surface area contributed by atoms with Crippen molar-refractivity contribution in [3.8, 4) is 0 Å². The lowest BCUT2D eigenvalue weighted by Crippen LogP contribution is -2.07. The standard InChI is InChI=1S/C22H24NO3P/c1-3-25-27(24,26-4-2)16-15-23-21-12-8-7-11-19(21)20-14-13-17-9-5-6-10-18(17)22(20)23/h5-14H,3-4,15-16H2,1-2H3. The van der Waals surface area contributed by atoms with E-state index in [9.17, 15) is 4.57 Å². The summed E-state index contributed by atoms with van der Waals surface area (Å²) in [5, 5.41) is 4.83. The summed E-state index contributed by atoms with van der Waals surface area (Å²) in [7, 11) is -3.10. The molecule has 0 radical (unpaired) electrons. The van der Waals surface area contributed by atoms with Gasteiger partial charge in [-0.2, -0.15) is 0 Å². The van der Waals surface area contributed by atoms with Crippen LogP contribution in [-0.2, 0) is 20.2 Å². The van der Waals surface area contributed by atoms with E-state index in [-0.39, 0.29) is 0 Å². The van der Waals surface area contributed by atoms with Crippen LogP contribution in [-0.4, -0.2) is 23.9 Å². The number of fused-ring (bicyclic) bond motifs is 5. The number of hydrogen-bond donors (Lipinski definition) is 0. The molecular formula is C22H24NO3P. The van der Waals surface area contributed by atoms with Crippen molar-refractivity contribution >= 4 is 40.2 Å². The lowest BCUT2D eigenvalue weighted by Gasteiger charge is -2.18. The van der Waals surface area contributed by atoms with E-state index in [2.05, 4.69) is 59.2 Å². The van der Waals surface area contributed by atoms with Gasteiger partial charge in [0, 0.05) is 28.2 Å². The molecule has 0 aliphatic carbocycles. The Morgan fingerprint density at radius 1 is 0.815 bits per heavy atom. The molecule has 4 aromatic rings. The molecule has 0 fully saturated rings. The van der Waals surface area contributed by atoms with Crippen molar-refractivity contribution in [2.45, 2.75) is 20.4 Å². The highest BCUT2D eigenvalue weighted by atomic mass is 31.2. The van der Waals surface area contributed by atoms with E-state index in [1.807, 2.05) is 19.9 Å². The average Bonchev–Trinajstić information content (AvgIpc) is 3.01. The highest BCUT2D eigenvalue weighted by molar-refractivity contribution is 7.53. The van der Waals surface area contributed by atoms with Crippen molar-refractivity contribution in [3.63, 3.8) is 0 Å². The number of nitrogens with zero attached hydrogens (tertiary/aromatic N) is 1. The third-order valence-electron chi connectivity index (χ3n) is 4.90. The second-order valence-electron chi connectivity index (χ2n) is 6.52. The Hall–Kier alpha value is -2.13. The first-order valence-electron chi connectivity index (χ1n) is 9.43. The van der Waals surface area contributed by atoms with Crippen molar-refractivity contribution in [1.82, 2.24) is 4.57 Å². The van der Waals surface area contributed by atoms with Gasteiger partial charge in [-0.3, -0.25) is 4.57 Å². The first-order chi connectivity index (χ1) is 13.2. The summed E-state index contributed by atoms with van der Waals surface area (Å²) in [6, 6.07) is 21.1. The second-order valence-corrected chi connectivity index (χ2v) is 8.71. The minimum absolute atomic E-state index is 0.353. The highest BCUT2D eigenvalue weighted by Gasteiger charge is 2.24. The van der Waals surface area contributed by atoms with Crippen molar-refractivity contribution in [2.24, 2.45) is 0 Å². The molecule has 0 aliphatic heterocycles. The molecule has 0 N–H and O–H groups in total. The molecule has 140 valence electrons. The van der Waals surface area contributed by atoms with E-state index >= 15 is 0 Å². The number of hydrogen-bond acceptors (Lipinski definition) is 3. The molecule has 0 saturated heterocycles. The maximum atomic E-state index is 13.0. The average molecular weight is 381 g/mol. The van der Waals surface area contributed by atoms with E-state index in [4.69, 9.17) is 9.05 Å². The van der Waals surface area contributed by atoms with Gasteiger partial charge in [0.2, 0.25) is 0 Å². The molecule has 0 aliphatic rings. The summed E-state index contributed by atoms with van der Waals surface area (Å²) in [6.45, 7) is 5.04. The third-order valence-corrected chi connectivity index (χ3v) is 6.96. The fraction of sp³-hybridized carbons (Fsp3) is 0.273. The molecule has 0 spiro atoms. The van der Waals surface area contributed by atoms with Crippen molar-refractivity contribution < 1.29 is 13.6 Å². The van der Waals surface area contributed by atoms with Gasteiger partial charge in [-0.25, -0.2) is 0 Å². The monoisotopic (exact) mass is 381 g/mol. The number of aryl methyl sites for hydroxylation is 1. The Balaban J connectivity index is 1.90. The van der Waals surface area contributed by atoms with Crippen LogP contribution < -0.4 is 0 Å². The number of benzene rings is 3. The van der Waals surface area contributed by atoms with E-state index in [0.717, 1.165) is 5.52 Å². The Labute approximate surface area is 159 Å². The highest BCUT2D eigenvalue weighted by Crippen LogP contribution is 2.48. The van der Waals surface area contributed by atoms with Gasteiger partial charge in [0.05, 0.1) is 24.9 Å². The minimum atomic E-state index is -3.10. The third kappa shape index (κ3) is 3.29. The van der Waals surface area contributed by atoms with Crippen LogP contribution in [0, 0.1) is 0 Å². The molecule has 0 atom stereocenters. The zero-order valence-corrected chi connectivity index (χ0v) is 16.6. The van der Waals surface area contributed by atoms with Crippen LogP contribution in [0.4, 0.5) is 0 Å². The van der Waals surface area contributed by atoms with Gasteiger partial charge in [0.25, 0.3) is 0 Å². The quantitative estimate of drug-likeness (QED) is 0.357. The summed E-state index contributed by atoms with van der Waals surface area (Å²) >= 11 is 0. The Morgan fingerprint density at radius 3 is 2.22 bits per heavy atom. The smallest absolute Gasteiger partial charge is 0.332 e. The molecule has 0 amide bonds. The Bertz CT molecular complexity index is 1140. The van der Waals surface area contributed by atoms with E-state index in [1.165, 1.54) is 27.1 Å². The largest absolute Gasteiger partial charge is 0.339 e. The van der Waals surface area contributed by atoms with Crippen molar-refractivity contribution in [3.05, 3.63) is 60.7 Å². The number of rotatable bonds is 7. The van der Waals surface area contributed by atoms with Crippen molar-refractivity contribution in [1.29, 1.82) is 0 Å². The predicted molar refractivity (Wildman–Crippen MR) is 113 cm³/mol. The van der Waals surface area contributed by atoms with Gasteiger partial charge in [-0.15, -0.1) is 0 Å². The fourth-order valence-electron chi connectivity index (χ4n) is 3.83. The maximum Gasteiger partial charge on any atom is 0.332 e. The molecule has 1 heterocycles. The summed E-state index contributed by atoms with van der Waals surface area (Å²) in [5.41, 5.74) is 2.32. The fourth-order valence-corrected chi connectivity index (χ4v) is 5.40. The summed E-state index contributed by atoms with van der Waals surface area (Å²) in [4.78, 5) is 0. The van der Waals surface area contributed by atoms with Crippen LogP contribution in [0.1, 0.15) is 13.8 Å². The molecule has 4 nitrogen and oxygen atoms in total. The molecule has 27 heavy (non-hydrogen) atoms. The molecule has 0 bridgehead atoms. The topological polar surface area (TPSA) is 40.5 Å². The molecule has 0 unspecified atom stereocenters. The van der Waals surface area contributed by atoms with Gasteiger partial charge in [0.1, 0.15) is 0 Å². The molecule has 3 aromatic carbocycles. The second kappa shape index (κ2) is 7.47. The Kier molecular flexibility index (Phi) is 5.05. The van der Waals surface area contributed by atoms with Crippen LogP contribution >= 0.6 is 7.60 Å².